The van der Waals surface area contributed by atoms with Crippen molar-refractivity contribution in [2.75, 3.05) is 24.5 Å². The van der Waals surface area contributed by atoms with E-state index in [0.29, 0.717) is 6.54 Å². The molecule has 0 saturated carbocycles. The van der Waals surface area contributed by atoms with Gasteiger partial charge in [0.25, 0.3) is 0 Å². The number of benzene rings is 1. The number of hydrogen-bond donors (Lipinski definition) is 2. The number of carbonyl (C=O) groups excluding carboxylic acids is 1. The van der Waals surface area contributed by atoms with Crippen molar-refractivity contribution in [1.29, 1.82) is 0 Å². The van der Waals surface area contributed by atoms with Crippen molar-refractivity contribution in [1.82, 2.24) is 10.6 Å². The van der Waals surface area contributed by atoms with Crippen LogP contribution in [0, 0.1) is 0 Å². The molecule has 0 unspecified atom stereocenters. The summed E-state index contributed by atoms with van der Waals surface area (Å²) in [6.07, 6.45) is 0.978. The van der Waals surface area contributed by atoms with Gasteiger partial charge in [0.2, 0.25) is 5.91 Å². The minimum absolute atomic E-state index is 0.0953. The van der Waals surface area contributed by atoms with Crippen LogP contribution in [0.2, 0.25) is 0 Å². The van der Waals surface area contributed by atoms with Gasteiger partial charge in [-0.2, -0.15) is 0 Å². The van der Waals surface area contributed by atoms with Crippen molar-refractivity contribution < 1.29 is 4.79 Å². The van der Waals surface area contributed by atoms with Gasteiger partial charge < -0.3 is 15.5 Å². The topological polar surface area (TPSA) is 44.4 Å². The van der Waals surface area contributed by atoms with Crippen LogP contribution in [-0.2, 0) is 11.3 Å². The van der Waals surface area contributed by atoms with E-state index >= 15 is 0 Å². The molecule has 116 valence electrons. The van der Waals surface area contributed by atoms with Gasteiger partial charge in [-0.05, 0) is 60.8 Å². The highest BCUT2D eigenvalue weighted by atomic mass is 79.9. The third-order valence-electron chi connectivity index (χ3n) is 3.44. The number of halogens is 1. The number of rotatable bonds is 3. The zero-order valence-electron chi connectivity index (χ0n) is 13.0. The number of nitrogens with zero attached hydrogens (tertiary/aromatic N) is 1. The molecule has 1 heterocycles. The minimum Gasteiger partial charge on any atom is -0.361 e. The smallest absolute Gasteiger partial charge is 0.239 e. The summed E-state index contributed by atoms with van der Waals surface area (Å²) in [6, 6.07) is 6.36. The summed E-state index contributed by atoms with van der Waals surface area (Å²) in [4.78, 5) is 13.8. The molecular formula is C16H24BrN3O. The standard InChI is InChI=1S/C16H24BrN3O/c1-16(2,3)19-10-12-5-6-14(13(17)9-12)20-8-4-7-18-15(21)11-20/h5-6,9,19H,4,7-8,10-11H2,1-3H3,(H,18,21). The van der Waals surface area contributed by atoms with E-state index in [1.807, 2.05) is 0 Å². The SMILES string of the molecule is CC(C)(C)NCc1ccc(N2CCCNC(=O)C2)c(Br)c1. The third-order valence-corrected chi connectivity index (χ3v) is 4.07. The number of anilines is 1. The van der Waals surface area contributed by atoms with Crippen LogP contribution in [0.15, 0.2) is 22.7 Å². The highest BCUT2D eigenvalue weighted by Gasteiger charge is 2.17. The van der Waals surface area contributed by atoms with Crippen molar-refractivity contribution in [2.24, 2.45) is 0 Å². The maximum Gasteiger partial charge on any atom is 0.239 e. The normalized spacial score (nSPS) is 16.6. The van der Waals surface area contributed by atoms with E-state index in [9.17, 15) is 4.79 Å². The Balaban J connectivity index is 2.09. The zero-order chi connectivity index (χ0) is 15.5. The molecular weight excluding hydrogens is 330 g/mol. The fourth-order valence-corrected chi connectivity index (χ4v) is 2.97. The molecule has 2 rings (SSSR count). The average Bonchev–Trinajstić information content (AvgIpc) is 2.60. The molecule has 0 bridgehead atoms. The first-order valence-corrected chi connectivity index (χ1v) is 8.19. The summed E-state index contributed by atoms with van der Waals surface area (Å²) in [5.74, 6) is 0.0953. The second-order valence-corrected chi connectivity index (χ2v) is 7.37. The van der Waals surface area contributed by atoms with E-state index in [-0.39, 0.29) is 11.4 Å². The molecule has 0 aliphatic carbocycles. The second-order valence-electron chi connectivity index (χ2n) is 6.51. The lowest BCUT2D eigenvalue weighted by Crippen LogP contribution is -2.35. The van der Waals surface area contributed by atoms with E-state index in [1.165, 1.54) is 5.56 Å². The van der Waals surface area contributed by atoms with Crippen molar-refractivity contribution >= 4 is 27.5 Å². The summed E-state index contributed by atoms with van der Waals surface area (Å²) in [5.41, 5.74) is 2.43. The molecule has 1 aromatic rings. The molecule has 21 heavy (non-hydrogen) atoms. The van der Waals surface area contributed by atoms with E-state index in [1.54, 1.807) is 0 Å². The molecule has 2 N–H and O–H groups in total. The first kappa shape index (κ1) is 16.3. The molecule has 5 heteroatoms. The minimum atomic E-state index is 0.0953. The number of nitrogens with one attached hydrogen (secondary N) is 2. The maximum atomic E-state index is 11.7. The van der Waals surface area contributed by atoms with Crippen LogP contribution in [-0.4, -0.2) is 31.1 Å². The van der Waals surface area contributed by atoms with E-state index < -0.39 is 0 Å². The molecule has 0 spiro atoms. The molecule has 1 aliphatic heterocycles. The molecule has 1 amide bonds. The predicted molar refractivity (Wildman–Crippen MR) is 90.6 cm³/mol. The first-order chi connectivity index (χ1) is 9.85. The molecule has 1 saturated heterocycles. The van der Waals surface area contributed by atoms with Gasteiger partial charge in [-0.15, -0.1) is 0 Å². The summed E-state index contributed by atoms with van der Waals surface area (Å²) in [7, 11) is 0. The number of hydrogen-bond acceptors (Lipinski definition) is 3. The molecule has 4 nitrogen and oxygen atoms in total. The lowest BCUT2D eigenvalue weighted by molar-refractivity contribution is -0.119. The number of carbonyl (C=O) groups is 1. The van der Waals surface area contributed by atoms with Crippen LogP contribution in [0.25, 0.3) is 0 Å². The Hall–Kier alpha value is -1.07. The van der Waals surface area contributed by atoms with Crippen molar-refractivity contribution in [3.8, 4) is 0 Å². The Labute approximate surface area is 135 Å². The van der Waals surface area contributed by atoms with Gasteiger partial charge in [-0.3, -0.25) is 4.79 Å². The van der Waals surface area contributed by atoms with Crippen molar-refractivity contribution in [3.63, 3.8) is 0 Å². The largest absolute Gasteiger partial charge is 0.361 e. The zero-order valence-corrected chi connectivity index (χ0v) is 14.6. The summed E-state index contributed by atoms with van der Waals surface area (Å²) >= 11 is 3.65. The monoisotopic (exact) mass is 353 g/mol. The van der Waals surface area contributed by atoms with Crippen LogP contribution in [0.3, 0.4) is 0 Å². The fraction of sp³-hybridized carbons (Fsp3) is 0.562. The van der Waals surface area contributed by atoms with Crippen LogP contribution < -0.4 is 15.5 Å². The van der Waals surface area contributed by atoms with Crippen molar-refractivity contribution in [2.45, 2.75) is 39.3 Å². The fourth-order valence-electron chi connectivity index (χ4n) is 2.30. The van der Waals surface area contributed by atoms with Gasteiger partial charge in [0, 0.05) is 29.6 Å². The van der Waals surface area contributed by atoms with Crippen molar-refractivity contribution in [3.05, 3.63) is 28.2 Å². The molecule has 0 radical (unpaired) electrons. The Kier molecular flexibility index (Phi) is 5.27. The number of amides is 1. The summed E-state index contributed by atoms with van der Waals surface area (Å²) in [6.45, 7) is 9.41. The van der Waals surface area contributed by atoms with Crippen LogP contribution in [0.5, 0.6) is 0 Å². The first-order valence-electron chi connectivity index (χ1n) is 7.40. The lowest BCUT2D eigenvalue weighted by atomic mass is 10.1. The third kappa shape index (κ3) is 5.00. The lowest BCUT2D eigenvalue weighted by Gasteiger charge is -2.24. The maximum absolute atomic E-state index is 11.7. The van der Waals surface area contributed by atoms with Crippen LogP contribution >= 0.6 is 15.9 Å². The summed E-state index contributed by atoms with van der Waals surface area (Å²) in [5, 5.41) is 6.39. The van der Waals surface area contributed by atoms with Gasteiger partial charge in [-0.1, -0.05) is 6.07 Å². The van der Waals surface area contributed by atoms with Gasteiger partial charge in [0.15, 0.2) is 0 Å². The second kappa shape index (κ2) is 6.79. The highest BCUT2D eigenvalue weighted by Crippen LogP contribution is 2.28. The van der Waals surface area contributed by atoms with E-state index in [4.69, 9.17) is 0 Å². The Morgan fingerprint density at radius 1 is 1.38 bits per heavy atom. The molecule has 1 aromatic carbocycles. The van der Waals surface area contributed by atoms with Crippen LogP contribution in [0.4, 0.5) is 5.69 Å². The Bertz CT molecular complexity index is 511. The van der Waals surface area contributed by atoms with E-state index in [0.717, 1.165) is 36.2 Å². The van der Waals surface area contributed by atoms with Gasteiger partial charge in [0.1, 0.15) is 0 Å². The van der Waals surface area contributed by atoms with E-state index in [2.05, 4.69) is 70.4 Å². The van der Waals surface area contributed by atoms with Crippen LogP contribution in [0.1, 0.15) is 32.8 Å². The molecule has 1 fully saturated rings. The average molecular weight is 354 g/mol. The highest BCUT2D eigenvalue weighted by molar-refractivity contribution is 9.10. The molecule has 0 atom stereocenters. The quantitative estimate of drug-likeness (QED) is 0.877. The van der Waals surface area contributed by atoms with Gasteiger partial charge >= 0.3 is 0 Å². The molecule has 0 aromatic heterocycles. The Morgan fingerprint density at radius 3 is 2.81 bits per heavy atom. The van der Waals surface area contributed by atoms with Gasteiger partial charge in [0.05, 0.1) is 12.2 Å². The molecule has 1 aliphatic rings. The Morgan fingerprint density at radius 2 is 2.14 bits per heavy atom. The van der Waals surface area contributed by atoms with Gasteiger partial charge in [-0.25, -0.2) is 0 Å². The summed E-state index contributed by atoms with van der Waals surface area (Å²) < 4.78 is 1.05. The predicted octanol–water partition coefficient (Wildman–Crippen LogP) is 2.66.